The van der Waals surface area contributed by atoms with Gasteiger partial charge in [0.25, 0.3) is 0 Å². The number of hydrogen-bond donors (Lipinski definition) is 2. The van der Waals surface area contributed by atoms with Crippen molar-refractivity contribution in [2.24, 2.45) is 0 Å². The molecule has 42 heavy (non-hydrogen) atoms. The molecule has 4 aromatic rings. The number of unbranched alkanes of at least 4 members (excludes halogenated alkanes) is 1. The summed E-state index contributed by atoms with van der Waals surface area (Å²) in [7, 11) is 0. The van der Waals surface area contributed by atoms with Crippen molar-refractivity contribution in [3.05, 3.63) is 77.2 Å². The van der Waals surface area contributed by atoms with Crippen molar-refractivity contribution < 1.29 is 14.3 Å². The number of carbonyl (C=O) groups is 2. The van der Waals surface area contributed by atoms with E-state index in [0.29, 0.717) is 42.3 Å². The van der Waals surface area contributed by atoms with Crippen molar-refractivity contribution in [3.63, 3.8) is 0 Å². The van der Waals surface area contributed by atoms with E-state index in [0.717, 1.165) is 52.9 Å². The number of pyridine rings is 1. The van der Waals surface area contributed by atoms with Gasteiger partial charge in [0.05, 0.1) is 23.5 Å². The van der Waals surface area contributed by atoms with Crippen LogP contribution in [0.25, 0.3) is 22.3 Å². The number of amides is 2. The molecular weight excluding hydrogens is 550 g/mol. The molecule has 0 aliphatic carbocycles. The van der Waals surface area contributed by atoms with Gasteiger partial charge in [0.1, 0.15) is 16.9 Å². The van der Waals surface area contributed by atoms with E-state index in [2.05, 4.69) is 34.3 Å². The molecule has 0 aliphatic rings. The first-order chi connectivity index (χ1) is 20.1. The maximum absolute atomic E-state index is 12.9. The third-order valence-electron chi connectivity index (χ3n) is 6.74. The quantitative estimate of drug-likeness (QED) is 0.107. The smallest absolute Gasteiger partial charge is 0.339 e. The summed E-state index contributed by atoms with van der Waals surface area (Å²) in [6, 6.07) is 17.3. The lowest BCUT2D eigenvalue weighted by Crippen LogP contribution is -2.30. The number of alkyl halides is 1. The van der Waals surface area contributed by atoms with Gasteiger partial charge in [-0.3, -0.25) is 0 Å². The molecule has 2 N–H and O–H groups in total. The Bertz CT molecular complexity index is 1540. The van der Waals surface area contributed by atoms with Crippen LogP contribution in [0, 0.1) is 6.92 Å². The zero-order chi connectivity index (χ0) is 30.3. The third kappa shape index (κ3) is 7.88. The molecule has 0 unspecified atom stereocenters. The largest absolute Gasteiger partial charge is 0.456 e. The van der Waals surface area contributed by atoms with E-state index in [1.54, 1.807) is 6.07 Å². The van der Waals surface area contributed by atoms with Gasteiger partial charge in [0.2, 0.25) is 0 Å². The highest BCUT2D eigenvalue weighted by molar-refractivity contribution is 6.17. The Morgan fingerprint density at radius 3 is 2.45 bits per heavy atom. The molecule has 0 saturated carbocycles. The number of hydrogen-bond acceptors (Lipinski definition) is 5. The maximum atomic E-state index is 12.9. The monoisotopic (exact) mass is 589 g/mol. The first-order valence-corrected chi connectivity index (χ1v) is 15.0. The molecule has 2 aromatic heterocycles. The number of nitrogens with zero attached hydrogens (tertiary/aromatic N) is 3. The van der Waals surface area contributed by atoms with Crippen molar-refractivity contribution in [3.8, 4) is 11.1 Å². The van der Waals surface area contributed by atoms with Crippen molar-refractivity contribution in [2.75, 3.05) is 17.7 Å². The molecule has 0 atom stereocenters. The van der Waals surface area contributed by atoms with E-state index in [1.165, 1.54) is 0 Å². The second-order valence-corrected chi connectivity index (χ2v) is 11.7. The molecule has 0 bridgehead atoms. The van der Waals surface area contributed by atoms with Crippen molar-refractivity contribution in [1.29, 1.82) is 0 Å². The fourth-order valence-electron chi connectivity index (χ4n) is 4.66. The van der Waals surface area contributed by atoms with Crippen LogP contribution in [0.15, 0.2) is 54.6 Å². The van der Waals surface area contributed by atoms with Gasteiger partial charge in [0, 0.05) is 18.8 Å². The van der Waals surface area contributed by atoms with Crippen LogP contribution >= 0.6 is 11.6 Å². The summed E-state index contributed by atoms with van der Waals surface area (Å²) < 4.78 is 7.80. The lowest BCUT2D eigenvalue weighted by Gasteiger charge is -2.20. The van der Waals surface area contributed by atoms with Crippen LogP contribution < -0.4 is 10.6 Å². The van der Waals surface area contributed by atoms with Gasteiger partial charge in [-0.05, 0) is 69.4 Å². The van der Waals surface area contributed by atoms with Gasteiger partial charge < -0.3 is 19.9 Å². The van der Waals surface area contributed by atoms with Crippen LogP contribution in [-0.4, -0.2) is 44.6 Å². The summed E-state index contributed by atoms with van der Waals surface area (Å²) in [5, 5.41) is 5.70. The average Bonchev–Trinajstić information content (AvgIpc) is 3.27. The number of carbonyl (C=O) groups excluding carboxylic acids is 2. The first kappa shape index (κ1) is 31.0. The Kier molecular flexibility index (Phi) is 10.2. The molecule has 2 amide bonds. The number of urea groups is 1. The minimum absolute atomic E-state index is 0.289. The number of anilines is 1. The Balaban J connectivity index is 1.61. The van der Waals surface area contributed by atoms with Gasteiger partial charge >= 0.3 is 12.0 Å². The number of imidazole rings is 1. The predicted molar refractivity (Wildman–Crippen MR) is 169 cm³/mol. The normalized spacial score (nSPS) is 11.5. The minimum atomic E-state index is -0.572. The molecule has 0 fully saturated rings. The highest BCUT2D eigenvalue weighted by atomic mass is 35.5. The maximum Gasteiger partial charge on any atom is 0.339 e. The van der Waals surface area contributed by atoms with Crippen LogP contribution in [0.5, 0.6) is 0 Å². The lowest BCUT2D eigenvalue weighted by molar-refractivity contribution is 0.00704. The van der Waals surface area contributed by atoms with Gasteiger partial charge in [-0.2, -0.15) is 0 Å². The minimum Gasteiger partial charge on any atom is -0.456 e. The van der Waals surface area contributed by atoms with E-state index in [9.17, 15) is 9.59 Å². The summed E-state index contributed by atoms with van der Waals surface area (Å²) in [5.74, 6) is 1.12. The number of aryl methyl sites for hydroxylation is 2. The number of rotatable bonds is 11. The SMILES string of the molecule is CCCCc1nc2cc(NC(=O)NCCCCl)c(C)nc2n1Cc1ccc(-c2ccccc2C(=O)OC(C)(C)C)cc1. The van der Waals surface area contributed by atoms with Gasteiger partial charge in [-0.25, -0.2) is 19.6 Å². The molecule has 0 spiro atoms. The van der Waals surface area contributed by atoms with Crippen LogP contribution in [0.4, 0.5) is 10.5 Å². The van der Waals surface area contributed by atoms with Gasteiger partial charge in [-0.15, -0.1) is 11.6 Å². The number of aromatic nitrogens is 3. The van der Waals surface area contributed by atoms with E-state index in [1.807, 2.05) is 64.1 Å². The molecule has 2 aromatic carbocycles. The number of fused-ring (bicyclic) bond motifs is 1. The standard InChI is InChI=1S/C33H40ClN5O3/c1-6-7-13-29-37-28-20-27(38-32(41)35-19-10-18-34)22(2)36-30(28)39(29)21-23-14-16-24(17-15-23)25-11-8-9-12-26(25)31(40)42-33(3,4)5/h8-9,11-12,14-17,20H,6-7,10,13,18-19,21H2,1-5H3,(H2,35,38,41). The second-order valence-electron chi connectivity index (χ2n) is 11.3. The van der Waals surface area contributed by atoms with Crippen molar-refractivity contribution >= 4 is 40.5 Å². The highest BCUT2D eigenvalue weighted by Crippen LogP contribution is 2.28. The second kappa shape index (κ2) is 13.8. The predicted octanol–water partition coefficient (Wildman–Crippen LogP) is 7.50. The molecular formula is C33H40ClN5O3. The number of nitrogens with one attached hydrogen (secondary N) is 2. The molecule has 222 valence electrons. The molecule has 2 heterocycles. The van der Waals surface area contributed by atoms with Crippen molar-refractivity contribution in [2.45, 2.75) is 72.4 Å². The van der Waals surface area contributed by atoms with Crippen LogP contribution in [0.3, 0.4) is 0 Å². The van der Waals surface area contributed by atoms with Crippen LogP contribution in [0.1, 0.15) is 74.4 Å². The molecule has 0 radical (unpaired) electrons. The number of benzene rings is 2. The first-order valence-electron chi connectivity index (χ1n) is 14.5. The Hall–Kier alpha value is -3.91. The Morgan fingerprint density at radius 2 is 1.76 bits per heavy atom. The van der Waals surface area contributed by atoms with Gasteiger partial charge in [0.15, 0.2) is 5.65 Å². The third-order valence-corrected chi connectivity index (χ3v) is 7.01. The lowest BCUT2D eigenvalue weighted by atomic mass is 9.98. The molecule has 4 rings (SSSR count). The van der Waals surface area contributed by atoms with Gasteiger partial charge in [-0.1, -0.05) is 55.8 Å². The van der Waals surface area contributed by atoms with Crippen LogP contribution in [-0.2, 0) is 17.7 Å². The molecule has 9 heteroatoms. The zero-order valence-corrected chi connectivity index (χ0v) is 25.8. The summed E-state index contributed by atoms with van der Waals surface area (Å²) in [6.07, 6.45) is 3.59. The summed E-state index contributed by atoms with van der Waals surface area (Å²) in [4.78, 5) is 35.0. The molecule has 8 nitrogen and oxygen atoms in total. The van der Waals surface area contributed by atoms with Crippen molar-refractivity contribution in [1.82, 2.24) is 19.9 Å². The number of halogens is 1. The Labute approximate surface area is 252 Å². The summed E-state index contributed by atoms with van der Waals surface area (Å²) in [5.41, 5.74) is 5.70. The fraction of sp³-hybridized carbons (Fsp3) is 0.394. The summed E-state index contributed by atoms with van der Waals surface area (Å²) >= 11 is 5.71. The number of ether oxygens (including phenoxy) is 1. The molecule has 0 saturated heterocycles. The van der Waals surface area contributed by atoms with E-state index >= 15 is 0 Å². The van der Waals surface area contributed by atoms with E-state index < -0.39 is 5.60 Å². The fourth-order valence-corrected chi connectivity index (χ4v) is 4.79. The average molecular weight is 590 g/mol. The number of esters is 1. The summed E-state index contributed by atoms with van der Waals surface area (Å²) in [6.45, 7) is 10.7. The topological polar surface area (TPSA) is 98.1 Å². The van der Waals surface area contributed by atoms with Crippen LogP contribution in [0.2, 0.25) is 0 Å². The van der Waals surface area contributed by atoms with E-state index in [4.69, 9.17) is 26.3 Å². The molecule has 0 aliphatic heterocycles. The van der Waals surface area contributed by atoms with E-state index in [-0.39, 0.29) is 12.0 Å². The Morgan fingerprint density at radius 1 is 1.02 bits per heavy atom. The zero-order valence-electron chi connectivity index (χ0n) is 25.1. The highest BCUT2D eigenvalue weighted by Gasteiger charge is 2.21.